The molecule has 0 radical (unpaired) electrons. The van der Waals surface area contributed by atoms with Crippen LogP contribution in [0.3, 0.4) is 0 Å². The third-order valence-corrected chi connectivity index (χ3v) is 3.97. The Morgan fingerprint density at radius 2 is 2.07 bits per heavy atom. The number of carbonyl (C=O) groups is 1. The number of carbonyl (C=O) groups excluding carboxylic acids is 1. The first kappa shape index (κ1) is 10.3. The summed E-state index contributed by atoms with van der Waals surface area (Å²) in [6.45, 7) is 1.83. The Hall–Kier alpha value is -0.180. The van der Waals surface area contributed by atoms with Crippen molar-refractivity contribution in [1.29, 1.82) is 0 Å². The topological polar surface area (TPSA) is 29.1 Å². The lowest BCUT2D eigenvalue weighted by molar-refractivity contribution is -0.120. The van der Waals surface area contributed by atoms with Gasteiger partial charge in [0.05, 0.1) is 5.25 Å². The molecule has 2 saturated carbocycles. The lowest BCUT2D eigenvalue weighted by Crippen LogP contribution is -2.34. The molecule has 0 aliphatic heterocycles. The van der Waals surface area contributed by atoms with E-state index in [1.807, 2.05) is 6.92 Å². The predicted molar refractivity (Wildman–Crippen MR) is 60.5 cm³/mol. The lowest BCUT2D eigenvalue weighted by Gasteiger charge is -2.22. The molecule has 2 nitrogen and oxygen atoms in total. The van der Waals surface area contributed by atoms with Crippen molar-refractivity contribution in [2.45, 2.75) is 56.7 Å². The van der Waals surface area contributed by atoms with Crippen LogP contribution in [0, 0.1) is 5.41 Å². The van der Waals surface area contributed by atoms with Gasteiger partial charge in [0.1, 0.15) is 0 Å². The molecule has 0 aromatic rings. The highest BCUT2D eigenvalue weighted by Gasteiger charge is 2.54. The molecule has 0 heterocycles. The van der Waals surface area contributed by atoms with Crippen molar-refractivity contribution >= 4 is 18.5 Å². The van der Waals surface area contributed by atoms with Crippen LogP contribution in [0.15, 0.2) is 0 Å². The van der Waals surface area contributed by atoms with Crippen LogP contribution in [0.5, 0.6) is 0 Å². The van der Waals surface area contributed by atoms with Gasteiger partial charge in [-0.1, -0.05) is 19.3 Å². The Morgan fingerprint density at radius 1 is 1.43 bits per heavy atom. The maximum atomic E-state index is 11.4. The van der Waals surface area contributed by atoms with E-state index in [2.05, 4.69) is 17.9 Å². The van der Waals surface area contributed by atoms with Gasteiger partial charge in [-0.15, -0.1) is 0 Å². The van der Waals surface area contributed by atoms with E-state index in [1.54, 1.807) is 0 Å². The summed E-state index contributed by atoms with van der Waals surface area (Å²) in [6, 6.07) is 0.463. The smallest absolute Gasteiger partial charge is 0.232 e. The van der Waals surface area contributed by atoms with Gasteiger partial charge in [-0.05, 0) is 31.6 Å². The summed E-state index contributed by atoms with van der Waals surface area (Å²) in [5.41, 5.74) is 0.497. The molecule has 2 atom stereocenters. The van der Waals surface area contributed by atoms with E-state index >= 15 is 0 Å². The molecule has 14 heavy (non-hydrogen) atoms. The Kier molecular flexibility index (Phi) is 2.78. The van der Waals surface area contributed by atoms with Gasteiger partial charge in [0.2, 0.25) is 5.91 Å². The highest BCUT2D eigenvalue weighted by atomic mass is 32.1. The van der Waals surface area contributed by atoms with E-state index in [9.17, 15) is 4.79 Å². The van der Waals surface area contributed by atoms with Crippen molar-refractivity contribution in [2.24, 2.45) is 5.41 Å². The van der Waals surface area contributed by atoms with Gasteiger partial charge in [0.15, 0.2) is 0 Å². The summed E-state index contributed by atoms with van der Waals surface area (Å²) in [4.78, 5) is 11.4. The van der Waals surface area contributed by atoms with E-state index in [4.69, 9.17) is 0 Å². The van der Waals surface area contributed by atoms with Gasteiger partial charge in [0, 0.05) is 6.04 Å². The first-order valence-corrected chi connectivity index (χ1v) is 6.14. The van der Waals surface area contributed by atoms with Crippen LogP contribution < -0.4 is 5.32 Å². The molecule has 2 rings (SSSR count). The van der Waals surface area contributed by atoms with Crippen molar-refractivity contribution in [1.82, 2.24) is 5.32 Å². The minimum Gasteiger partial charge on any atom is -0.352 e. The van der Waals surface area contributed by atoms with Crippen LogP contribution in [-0.4, -0.2) is 17.2 Å². The molecule has 0 saturated heterocycles. The zero-order chi connectivity index (χ0) is 10.2. The van der Waals surface area contributed by atoms with Crippen LogP contribution >= 0.6 is 12.6 Å². The summed E-state index contributed by atoms with van der Waals surface area (Å²) in [6.07, 6.45) is 7.92. The Labute approximate surface area is 91.2 Å². The van der Waals surface area contributed by atoms with Crippen LogP contribution in [0.25, 0.3) is 0 Å². The zero-order valence-electron chi connectivity index (χ0n) is 8.75. The van der Waals surface area contributed by atoms with E-state index in [-0.39, 0.29) is 11.2 Å². The van der Waals surface area contributed by atoms with Gasteiger partial charge in [-0.25, -0.2) is 0 Å². The van der Waals surface area contributed by atoms with Crippen molar-refractivity contribution in [2.75, 3.05) is 0 Å². The average Bonchev–Trinajstić information content (AvgIpc) is 2.79. The van der Waals surface area contributed by atoms with Crippen molar-refractivity contribution in [3.63, 3.8) is 0 Å². The molecule has 2 unspecified atom stereocenters. The molecule has 1 amide bonds. The van der Waals surface area contributed by atoms with E-state index in [1.165, 1.54) is 38.5 Å². The third kappa shape index (κ3) is 1.92. The van der Waals surface area contributed by atoms with Crippen LogP contribution in [0.2, 0.25) is 0 Å². The highest BCUT2D eigenvalue weighted by Crippen LogP contribution is 2.56. The minimum atomic E-state index is -0.170. The SMILES string of the molecule is CC(S)C(=O)NC1CC12CCCCC2. The van der Waals surface area contributed by atoms with Crippen LogP contribution in [-0.2, 0) is 4.79 Å². The third-order valence-electron chi connectivity index (χ3n) is 3.73. The minimum absolute atomic E-state index is 0.0979. The van der Waals surface area contributed by atoms with Crippen LogP contribution in [0.4, 0.5) is 0 Å². The molecule has 0 bridgehead atoms. The number of rotatable bonds is 2. The second kappa shape index (κ2) is 3.76. The summed E-state index contributed by atoms with van der Waals surface area (Å²) in [5, 5.41) is 2.93. The van der Waals surface area contributed by atoms with Gasteiger partial charge in [-0.2, -0.15) is 12.6 Å². The summed E-state index contributed by atoms with van der Waals surface area (Å²) in [5.74, 6) is 0.0979. The molecule has 2 aliphatic carbocycles. The van der Waals surface area contributed by atoms with Gasteiger partial charge >= 0.3 is 0 Å². The first-order chi connectivity index (χ1) is 6.64. The fraction of sp³-hybridized carbons (Fsp3) is 0.909. The first-order valence-electron chi connectivity index (χ1n) is 5.62. The standard InChI is InChI=1S/C11H19NOS/c1-8(14)10(13)12-9-7-11(9)5-3-2-4-6-11/h8-9,14H,2-7H2,1H3,(H,12,13). The number of thiol groups is 1. The molecular formula is C11H19NOS. The molecule has 2 aliphatic rings. The molecule has 1 N–H and O–H groups in total. The maximum Gasteiger partial charge on any atom is 0.232 e. The van der Waals surface area contributed by atoms with Crippen molar-refractivity contribution < 1.29 is 4.79 Å². The normalized spacial score (nSPS) is 31.1. The zero-order valence-corrected chi connectivity index (χ0v) is 9.65. The largest absolute Gasteiger partial charge is 0.352 e. The number of nitrogens with one attached hydrogen (secondary N) is 1. The van der Waals surface area contributed by atoms with Gasteiger partial charge < -0.3 is 5.32 Å². The Morgan fingerprint density at radius 3 is 2.64 bits per heavy atom. The fourth-order valence-electron chi connectivity index (χ4n) is 2.65. The summed E-state index contributed by atoms with van der Waals surface area (Å²) < 4.78 is 0. The summed E-state index contributed by atoms with van der Waals surface area (Å²) >= 11 is 4.14. The number of amides is 1. The molecule has 80 valence electrons. The monoisotopic (exact) mass is 213 g/mol. The summed E-state index contributed by atoms with van der Waals surface area (Å²) in [7, 11) is 0. The van der Waals surface area contributed by atoms with E-state index in [0.717, 1.165) is 0 Å². The molecule has 2 fully saturated rings. The van der Waals surface area contributed by atoms with Gasteiger partial charge in [0.25, 0.3) is 0 Å². The number of hydrogen-bond acceptors (Lipinski definition) is 2. The second-order valence-electron chi connectivity index (χ2n) is 4.86. The highest BCUT2D eigenvalue weighted by molar-refractivity contribution is 7.81. The van der Waals surface area contributed by atoms with E-state index < -0.39 is 0 Å². The van der Waals surface area contributed by atoms with Crippen molar-refractivity contribution in [3.05, 3.63) is 0 Å². The Bertz CT molecular complexity index is 233. The molecule has 0 aromatic heterocycles. The molecule has 1 spiro atoms. The lowest BCUT2D eigenvalue weighted by atomic mass is 9.86. The Balaban J connectivity index is 1.83. The van der Waals surface area contributed by atoms with E-state index in [0.29, 0.717) is 11.5 Å². The average molecular weight is 213 g/mol. The number of hydrogen-bond donors (Lipinski definition) is 2. The molecule has 0 aromatic carbocycles. The van der Waals surface area contributed by atoms with Crippen molar-refractivity contribution in [3.8, 4) is 0 Å². The fourth-order valence-corrected chi connectivity index (χ4v) is 2.73. The second-order valence-corrected chi connectivity index (χ2v) is 5.64. The predicted octanol–water partition coefficient (Wildman–Crippen LogP) is 2.14. The quantitative estimate of drug-likeness (QED) is 0.676. The maximum absolute atomic E-state index is 11.4. The molecular weight excluding hydrogens is 194 g/mol. The van der Waals surface area contributed by atoms with Gasteiger partial charge in [-0.3, -0.25) is 4.79 Å². The molecule has 3 heteroatoms. The van der Waals surface area contributed by atoms with Crippen LogP contribution in [0.1, 0.15) is 45.4 Å².